The molecule has 3 aromatic rings. The average Bonchev–Trinajstić information content (AvgIpc) is 2.97. The minimum absolute atomic E-state index is 0.00142. The summed E-state index contributed by atoms with van der Waals surface area (Å²) in [5.41, 5.74) is 2.44. The molecule has 3 rings (SSSR count). The first-order valence-electron chi connectivity index (χ1n) is 7.89. The van der Waals surface area contributed by atoms with Crippen molar-refractivity contribution in [2.24, 2.45) is 5.14 Å². The van der Waals surface area contributed by atoms with Crippen LogP contribution < -0.4 is 10.5 Å². The van der Waals surface area contributed by atoms with Gasteiger partial charge in [-0.2, -0.15) is 0 Å². The Morgan fingerprint density at radius 3 is 2.54 bits per heavy atom. The van der Waals surface area contributed by atoms with Crippen LogP contribution in [0, 0.1) is 0 Å². The van der Waals surface area contributed by atoms with Gasteiger partial charge in [-0.3, -0.25) is 4.79 Å². The molecule has 0 saturated heterocycles. The number of carbonyl (C=O) groups is 1. The van der Waals surface area contributed by atoms with Crippen LogP contribution in [0.2, 0.25) is 0 Å². The van der Waals surface area contributed by atoms with Gasteiger partial charge >= 0.3 is 0 Å². The van der Waals surface area contributed by atoms with Gasteiger partial charge in [0.15, 0.2) is 5.16 Å². The van der Waals surface area contributed by atoms with E-state index < -0.39 is 10.0 Å². The van der Waals surface area contributed by atoms with E-state index in [-0.39, 0.29) is 16.6 Å². The molecule has 7 nitrogen and oxygen atoms in total. The summed E-state index contributed by atoms with van der Waals surface area (Å²) in [6, 6.07) is 13.6. The van der Waals surface area contributed by atoms with E-state index in [0.29, 0.717) is 5.69 Å². The lowest BCUT2D eigenvalue weighted by Crippen LogP contribution is -2.15. The molecule has 0 unspecified atom stereocenters. The number of nitrogens with one attached hydrogen (secondary N) is 1. The first kappa shape index (κ1) is 18.4. The maximum absolute atomic E-state index is 12.2. The molecular weight excluding hydrogens is 372 g/mol. The summed E-state index contributed by atoms with van der Waals surface area (Å²) in [7, 11) is -3.74. The van der Waals surface area contributed by atoms with Crippen molar-refractivity contribution in [2.75, 3.05) is 11.1 Å². The van der Waals surface area contributed by atoms with Crippen molar-refractivity contribution in [3.8, 4) is 0 Å². The maximum Gasteiger partial charge on any atom is 0.238 e. The lowest BCUT2D eigenvalue weighted by atomic mass is 10.3. The zero-order chi connectivity index (χ0) is 18.7. The molecule has 0 radical (unpaired) electrons. The minimum Gasteiger partial charge on any atom is -0.325 e. The monoisotopic (exact) mass is 390 g/mol. The van der Waals surface area contributed by atoms with Crippen molar-refractivity contribution < 1.29 is 13.2 Å². The van der Waals surface area contributed by atoms with E-state index in [1.54, 1.807) is 0 Å². The Balaban J connectivity index is 1.66. The summed E-state index contributed by atoms with van der Waals surface area (Å²) in [5, 5.41) is 8.57. The van der Waals surface area contributed by atoms with Crippen LogP contribution in [0.25, 0.3) is 11.0 Å². The number of primary sulfonamides is 1. The second-order valence-corrected chi connectivity index (χ2v) is 8.04. The molecule has 0 bridgehead atoms. The molecule has 0 fully saturated rings. The smallest absolute Gasteiger partial charge is 0.238 e. The third-order valence-corrected chi connectivity index (χ3v) is 5.64. The van der Waals surface area contributed by atoms with Crippen LogP contribution in [0.3, 0.4) is 0 Å². The number of hydrogen-bond acceptors (Lipinski definition) is 5. The average molecular weight is 390 g/mol. The van der Waals surface area contributed by atoms with Gasteiger partial charge in [0.05, 0.1) is 21.7 Å². The number of hydrogen-bond donors (Lipinski definition) is 2. The van der Waals surface area contributed by atoms with Crippen LogP contribution in [-0.2, 0) is 21.4 Å². The van der Waals surface area contributed by atoms with Gasteiger partial charge in [-0.25, -0.2) is 18.5 Å². The number of para-hydroxylation sites is 2. The molecule has 26 heavy (non-hydrogen) atoms. The van der Waals surface area contributed by atoms with E-state index in [4.69, 9.17) is 5.14 Å². The number of imidazole rings is 1. The Hall–Kier alpha value is -2.36. The van der Waals surface area contributed by atoms with Crippen molar-refractivity contribution in [1.82, 2.24) is 9.55 Å². The predicted molar refractivity (Wildman–Crippen MR) is 103 cm³/mol. The SMILES string of the molecule is CCn1c(SCC(=O)Nc2ccc(S(N)(=O)=O)cc2)nc2ccccc21. The van der Waals surface area contributed by atoms with Crippen LogP contribution in [0.1, 0.15) is 6.92 Å². The molecule has 0 spiro atoms. The summed E-state index contributed by atoms with van der Waals surface area (Å²) in [4.78, 5) is 16.7. The first-order valence-corrected chi connectivity index (χ1v) is 10.4. The molecular formula is C17H18N4O3S2. The fourth-order valence-electron chi connectivity index (χ4n) is 2.52. The van der Waals surface area contributed by atoms with Crippen LogP contribution >= 0.6 is 11.8 Å². The molecule has 0 saturated carbocycles. The van der Waals surface area contributed by atoms with Crippen molar-refractivity contribution >= 4 is 44.4 Å². The van der Waals surface area contributed by atoms with Crippen LogP contribution in [0.5, 0.6) is 0 Å². The van der Waals surface area contributed by atoms with Crippen LogP contribution in [0.15, 0.2) is 58.6 Å². The van der Waals surface area contributed by atoms with Gasteiger partial charge in [0, 0.05) is 12.2 Å². The standard InChI is InChI=1S/C17H18N4O3S2/c1-2-21-15-6-4-3-5-14(15)20-17(21)25-11-16(22)19-12-7-9-13(10-8-12)26(18,23)24/h3-10H,2,11H2,1H3,(H,19,22)(H2,18,23,24). The summed E-state index contributed by atoms with van der Waals surface area (Å²) in [6.07, 6.45) is 0. The van der Waals surface area contributed by atoms with Crippen molar-refractivity contribution in [1.29, 1.82) is 0 Å². The third-order valence-electron chi connectivity index (χ3n) is 3.73. The zero-order valence-corrected chi connectivity index (χ0v) is 15.7. The van der Waals surface area contributed by atoms with Gasteiger partial charge in [0.25, 0.3) is 0 Å². The minimum atomic E-state index is -3.74. The van der Waals surface area contributed by atoms with E-state index >= 15 is 0 Å². The van der Waals surface area contributed by atoms with E-state index in [9.17, 15) is 13.2 Å². The third kappa shape index (κ3) is 4.06. The highest BCUT2D eigenvalue weighted by Crippen LogP contribution is 2.24. The van der Waals surface area contributed by atoms with Crippen molar-refractivity contribution in [3.05, 3.63) is 48.5 Å². The topological polar surface area (TPSA) is 107 Å². The maximum atomic E-state index is 12.2. The zero-order valence-electron chi connectivity index (χ0n) is 14.0. The number of fused-ring (bicyclic) bond motifs is 1. The molecule has 136 valence electrons. The van der Waals surface area contributed by atoms with Gasteiger partial charge in [0.1, 0.15) is 0 Å². The van der Waals surface area contributed by atoms with E-state index in [1.165, 1.54) is 36.0 Å². The Kier molecular flexibility index (Phi) is 5.30. The van der Waals surface area contributed by atoms with E-state index in [2.05, 4.69) is 14.9 Å². The number of anilines is 1. The van der Waals surface area contributed by atoms with Gasteiger partial charge in [-0.05, 0) is 43.3 Å². The number of carbonyl (C=O) groups excluding carboxylic acids is 1. The second-order valence-electron chi connectivity index (χ2n) is 5.53. The molecule has 1 amide bonds. The van der Waals surface area contributed by atoms with Crippen molar-refractivity contribution in [2.45, 2.75) is 23.5 Å². The van der Waals surface area contributed by atoms with Crippen molar-refractivity contribution in [3.63, 3.8) is 0 Å². The molecule has 1 aromatic heterocycles. The largest absolute Gasteiger partial charge is 0.325 e. The predicted octanol–water partition coefficient (Wildman–Crippen LogP) is 2.43. The second kappa shape index (κ2) is 7.48. The van der Waals surface area contributed by atoms with Crippen LogP contribution in [0.4, 0.5) is 5.69 Å². The summed E-state index contributed by atoms with van der Waals surface area (Å²) >= 11 is 1.36. The lowest BCUT2D eigenvalue weighted by Gasteiger charge is -2.07. The van der Waals surface area contributed by atoms with Gasteiger partial charge in [-0.15, -0.1) is 0 Å². The number of aryl methyl sites for hydroxylation is 1. The summed E-state index contributed by atoms with van der Waals surface area (Å²) in [5.74, 6) is -0.00616. The number of rotatable bonds is 6. The number of benzene rings is 2. The fraction of sp³-hybridized carbons (Fsp3) is 0.176. The number of amides is 1. The number of sulfonamides is 1. The summed E-state index contributed by atoms with van der Waals surface area (Å²) < 4.78 is 24.5. The molecule has 0 aliphatic carbocycles. The molecule has 1 heterocycles. The first-order chi connectivity index (χ1) is 12.4. The number of aromatic nitrogens is 2. The Morgan fingerprint density at radius 1 is 1.19 bits per heavy atom. The summed E-state index contributed by atoms with van der Waals surface area (Å²) in [6.45, 7) is 2.80. The normalized spacial score (nSPS) is 11.6. The van der Waals surface area contributed by atoms with E-state index in [0.717, 1.165) is 22.7 Å². The molecule has 0 atom stereocenters. The molecule has 0 aliphatic heterocycles. The van der Waals surface area contributed by atoms with Gasteiger partial charge < -0.3 is 9.88 Å². The number of thioether (sulfide) groups is 1. The van der Waals surface area contributed by atoms with E-state index in [1.807, 2.05) is 31.2 Å². The van der Waals surface area contributed by atoms with Crippen LogP contribution in [-0.4, -0.2) is 29.6 Å². The highest BCUT2D eigenvalue weighted by Gasteiger charge is 2.12. The highest BCUT2D eigenvalue weighted by molar-refractivity contribution is 7.99. The lowest BCUT2D eigenvalue weighted by molar-refractivity contribution is -0.113. The number of nitrogens with two attached hydrogens (primary N) is 1. The fourth-order valence-corrected chi connectivity index (χ4v) is 3.92. The molecule has 3 N–H and O–H groups in total. The molecule has 9 heteroatoms. The molecule has 0 aliphatic rings. The Labute approximate surface area is 155 Å². The van der Waals surface area contributed by atoms with Gasteiger partial charge in [0.2, 0.25) is 15.9 Å². The number of nitrogens with zero attached hydrogens (tertiary/aromatic N) is 2. The Morgan fingerprint density at radius 2 is 1.88 bits per heavy atom. The van der Waals surface area contributed by atoms with Gasteiger partial charge in [-0.1, -0.05) is 23.9 Å². The molecule has 2 aromatic carbocycles. The quantitative estimate of drug-likeness (QED) is 0.629. The highest BCUT2D eigenvalue weighted by atomic mass is 32.2. The Bertz CT molecular complexity index is 1040.